The number of esters is 1. The van der Waals surface area contributed by atoms with Crippen LogP contribution in [0.25, 0.3) is 11.4 Å². The van der Waals surface area contributed by atoms with Gasteiger partial charge in [-0.1, -0.05) is 30.3 Å². The molecule has 2 heterocycles. The lowest BCUT2D eigenvalue weighted by atomic mass is 10.2. The minimum Gasteiger partial charge on any atom is -0.459 e. The van der Waals surface area contributed by atoms with Gasteiger partial charge in [0.05, 0.1) is 6.61 Å². The van der Waals surface area contributed by atoms with Gasteiger partial charge in [-0.3, -0.25) is 4.79 Å². The molecular weight excluding hydrogens is 328 g/mol. The van der Waals surface area contributed by atoms with E-state index in [9.17, 15) is 9.59 Å². The lowest BCUT2D eigenvalue weighted by Crippen LogP contribution is -2.51. The lowest BCUT2D eigenvalue weighted by Gasteiger charge is -2.33. The first-order valence-corrected chi connectivity index (χ1v) is 8.56. The fourth-order valence-corrected chi connectivity index (χ4v) is 3.21. The zero-order valence-electron chi connectivity index (χ0n) is 13.3. The van der Waals surface area contributed by atoms with Gasteiger partial charge in [-0.15, -0.1) is 0 Å². The predicted molar refractivity (Wildman–Crippen MR) is 90.8 cm³/mol. The monoisotopic (exact) mass is 346 g/mol. The molecule has 0 spiro atoms. The van der Waals surface area contributed by atoms with Crippen molar-refractivity contribution in [2.75, 3.05) is 37.7 Å². The maximum Gasteiger partial charge on any atom is 0.397 e. The fourth-order valence-electron chi connectivity index (χ4n) is 2.47. The van der Waals surface area contributed by atoms with E-state index in [4.69, 9.17) is 4.74 Å². The molecule has 0 atom stereocenters. The van der Waals surface area contributed by atoms with Crippen LogP contribution in [0.1, 0.15) is 6.92 Å². The zero-order valence-corrected chi connectivity index (χ0v) is 14.2. The molecule has 1 fully saturated rings. The molecule has 1 amide bonds. The molecule has 8 heteroatoms. The van der Waals surface area contributed by atoms with Gasteiger partial charge in [0.25, 0.3) is 0 Å². The highest BCUT2D eigenvalue weighted by molar-refractivity contribution is 7.09. The molecule has 1 saturated heterocycles. The van der Waals surface area contributed by atoms with Crippen molar-refractivity contribution >= 4 is 28.5 Å². The number of rotatable bonds is 3. The van der Waals surface area contributed by atoms with Gasteiger partial charge < -0.3 is 14.5 Å². The molecule has 0 saturated carbocycles. The smallest absolute Gasteiger partial charge is 0.397 e. The summed E-state index contributed by atoms with van der Waals surface area (Å²) < 4.78 is 9.16. The van der Waals surface area contributed by atoms with E-state index >= 15 is 0 Å². The molecule has 24 heavy (non-hydrogen) atoms. The Morgan fingerprint density at radius 1 is 1.17 bits per heavy atom. The normalized spacial score (nSPS) is 14.5. The average Bonchev–Trinajstić information content (AvgIpc) is 3.12. The number of amides is 1. The fraction of sp³-hybridized carbons (Fsp3) is 0.375. The van der Waals surface area contributed by atoms with Crippen LogP contribution in [0.2, 0.25) is 0 Å². The van der Waals surface area contributed by atoms with Crippen molar-refractivity contribution in [1.29, 1.82) is 0 Å². The number of piperazine rings is 1. The van der Waals surface area contributed by atoms with Crippen LogP contribution in [0.3, 0.4) is 0 Å². The van der Waals surface area contributed by atoms with Crippen molar-refractivity contribution in [2.45, 2.75) is 6.92 Å². The summed E-state index contributed by atoms with van der Waals surface area (Å²) in [5.41, 5.74) is 0.983. The number of carbonyl (C=O) groups is 2. The summed E-state index contributed by atoms with van der Waals surface area (Å²) in [6, 6.07) is 9.81. The van der Waals surface area contributed by atoms with Crippen LogP contribution in [0, 0.1) is 0 Å². The maximum absolute atomic E-state index is 11.9. The van der Waals surface area contributed by atoms with Gasteiger partial charge in [0.2, 0.25) is 5.13 Å². The summed E-state index contributed by atoms with van der Waals surface area (Å²) in [5.74, 6) is -0.646. The topological polar surface area (TPSA) is 75.6 Å². The van der Waals surface area contributed by atoms with Crippen LogP contribution in [-0.4, -0.2) is 58.9 Å². The zero-order chi connectivity index (χ0) is 16.9. The Bertz CT molecular complexity index is 711. The standard InChI is InChI=1S/C16H18N4O3S/c1-2-23-15(22)14(21)19-8-10-20(11-9-19)16-17-13(18-24-16)12-6-4-3-5-7-12/h3-7H,2,8-11H2,1H3. The number of anilines is 1. The van der Waals surface area contributed by atoms with Gasteiger partial charge in [0.1, 0.15) is 0 Å². The van der Waals surface area contributed by atoms with Crippen LogP contribution in [-0.2, 0) is 14.3 Å². The molecule has 126 valence electrons. The van der Waals surface area contributed by atoms with Gasteiger partial charge in [-0.25, -0.2) is 4.79 Å². The molecule has 1 aliphatic rings. The average molecular weight is 346 g/mol. The van der Waals surface area contributed by atoms with E-state index in [1.807, 2.05) is 30.3 Å². The number of nitrogens with zero attached hydrogens (tertiary/aromatic N) is 4. The van der Waals surface area contributed by atoms with E-state index in [-0.39, 0.29) is 6.61 Å². The van der Waals surface area contributed by atoms with Crippen molar-refractivity contribution in [3.63, 3.8) is 0 Å². The number of ether oxygens (including phenoxy) is 1. The highest BCUT2D eigenvalue weighted by atomic mass is 32.1. The number of aromatic nitrogens is 2. The Hall–Kier alpha value is -2.48. The minimum absolute atomic E-state index is 0.206. The summed E-state index contributed by atoms with van der Waals surface area (Å²) >= 11 is 1.34. The molecule has 3 rings (SSSR count). The number of hydrogen-bond donors (Lipinski definition) is 0. The quantitative estimate of drug-likeness (QED) is 0.618. The van der Waals surface area contributed by atoms with Gasteiger partial charge >= 0.3 is 11.9 Å². The third-order valence-electron chi connectivity index (χ3n) is 3.73. The van der Waals surface area contributed by atoms with Crippen molar-refractivity contribution in [2.24, 2.45) is 0 Å². The van der Waals surface area contributed by atoms with Crippen molar-refractivity contribution in [1.82, 2.24) is 14.3 Å². The van der Waals surface area contributed by atoms with Crippen molar-refractivity contribution in [3.8, 4) is 11.4 Å². The van der Waals surface area contributed by atoms with Crippen LogP contribution in [0.15, 0.2) is 30.3 Å². The van der Waals surface area contributed by atoms with Crippen LogP contribution >= 0.6 is 11.5 Å². The second-order valence-corrected chi connectivity index (χ2v) is 6.00. The summed E-state index contributed by atoms with van der Waals surface area (Å²) in [4.78, 5) is 31.6. The molecule has 2 aromatic rings. The van der Waals surface area contributed by atoms with Crippen LogP contribution < -0.4 is 4.90 Å². The second kappa shape index (κ2) is 7.39. The summed E-state index contributed by atoms with van der Waals surface area (Å²) in [6.45, 7) is 4.07. The Morgan fingerprint density at radius 3 is 2.54 bits per heavy atom. The van der Waals surface area contributed by atoms with Gasteiger partial charge in [-0.2, -0.15) is 9.36 Å². The van der Waals surface area contributed by atoms with Crippen LogP contribution in [0.5, 0.6) is 0 Å². The molecule has 1 aromatic carbocycles. The van der Waals surface area contributed by atoms with Crippen molar-refractivity contribution < 1.29 is 14.3 Å². The summed E-state index contributed by atoms with van der Waals surface area (Å²) in [5, 5.41) is 0.831. The third-order valence-corrected chi connectivity index (χ3v) is 4.51. The van der Waals surface area contributed by atoms with E-state index in [2.05, 4.69) is 14.3 Å². The van der Waals surface area contributed by atoms with E-state index in [1.165, 1.54) is 16.4 Å². The first-order chi connectivity index (χ1) is 11.7. The summed E-state index contributed by atoms with van der Waals surface area (Å²) in [7, 11) is 0. The largest absolute Gasteiger partial charge is 0.459 e. The SMILES string of the molecule is CCOC(=O)C(=O)N1CCN(c2nc(-c3ccccc3)ns2)CC1. The molecule has 1 aromatic heterocycles. The van der Waals surface area contributed by atoms with Gasteiger partial charge in [0.15, 0.2) is 5.82 Å². The number of benzene rings is 1. The van der Waals surface area contributed by atoms with E-state index in [0.29, 0.717) is 32.0 Å². The summed E-state index contributed by atoms with van der Waals surface area (Å²) in [6.07, 6.45) is 0. The number of carbonyl (C=O) groups excluding carboxylic acids is 2. The van der Waals surface area contributed by atoms with E-state index in [1.54, 1.807) is 6.92 Å². The van der Waals surface area contributed by atoms with Crippen LogP contribution in [0.4, 0.5) is 5.13 Å². The third kappa shape index (κ3) is 3.53. The molecular formula is C16H18N4O3S. The minimum atomic E-state index is -0.784. The molecule has 0 unspecified atom stereocenters. The molecule has 0 radical (unpaired) electrons. The highest BCUT2D eigenvalue weighted by Crippen LogP contribution is 2.24. The number of hydrogen-bond acceptors (Lipinski definition) is 7. The second-order valence-electron chi connectivity index (χ2n) is 5.27. The molecule has 1 aliphatic heterocycles. The first-order valence-electron chi connectivity index (χ1n) is 7.79. The molecule has 7 nitrogen and oxygen atoms in total. The molecule has 0 N–H and O–H groups in total. The van der Waals surface area contributed by atoms with Crippen molar-refractivity contribution in [3.05, 3.63) is 30.3 Å². The highest BCUT2D eigenvalue weighted by Gasteiger charge is 2.28. The maximum atomic E-state index is 11.9. The van der Waals surface area contributed by atoms with E-state index < -0.39 is 11.9 Å². The van der Waals surface area contributed by atoms with Gasteiger partial charge in [-0.05, 0) is 6.92 Å². The Labute approximate surface area is 144 Å². The predicted octanol–water partition coefficient (Wildman–Crippen LogP) is 1.42. The molecule has 0 bridgehead atoms. The van der Waals surface area contributed by atoms with Gasteiger partial charge in [0, 0.05) is 43.3 Å². The first kappa shape index (κ1) is 16.4. The Kier molecular flexibility index (Phi) is 5.05. The Balaban J connectivity index is 1.60. The molecule has 0 aliphatic carbocycles. The lowest BCUT2D eigenvalue weighted by molar-refractivity contribution is -0.160. The Morgan fingerprint density at radius 2 is 1.88 bits per heavy atom. The van der Waals surface area contributed by atoms with E-state index in [0.717, 1.165) is 10.7 Å².